The van der Waals surface area contributed by atoms with E-state index in [4.69, 9.17) is 4.74 Å². The molecule has 1 N–H and O–H groups in total. The first-order valence-corrected chi connectivity index (χ1v) is 8.71. The zero-order valence-corrected chi connectivity index (χ0v) is 14.8. The number of rotatable bonds is 4. The largest absolute Gasteiger partial charge is 0.481 e. The van der Waals surface area contributed by atoms with Crippen LogP contribution in [-0.2, 0) is 17.6 Å². The first-order chi connectivity index (χ1) is 12.9. The van der Waals surface area contributed by atoms with Crippen LogP contribution in [0.1, 0.15) is 24.1 Å². The molecule has 2 aromatic rings. The average molecular weight is 379 g/mol. The maximum atomic E-state index is 12.3. The van der Waals surface area contributed by atoms with E-state index in [1.807, 2.05) is 35.6 Å². The van der Waals surface area contributed by atoms with Gasteiger partial charge in [-0.15, -0.1) is 0 Å². The zero-order valence-electron chi connectivity index (χ0n) is 14.8. The zero-order chi connectivity index (χ0) is 19.4. The highest BCUT2D eigenvalue weighted by molar-refractivity contribution is 5.78. The molecule has 5 nitrogen and oxygen atoms in total. The number of fused-ring (bicyclic) bond motifs is 1. The maximum absolute atomic E-state index is 12.3. The Morgan fingerprint density at radius 3 is 2.56 bits per heavy atom. The van der Waals surface area contributed by atoms with Gasteiger partial charge >= 0.3 is 6.18 Å². The molecule has 0 fully saturated rings. The molecule has 3 rings (SSSR count). The number of carbonyl (C=O) groups is 1. The van der Waals surface area contributed by atoms with Crippen molar-refractivity contribution in [3.63, 3.8) is 0 Å². The van der Waals surface area contributed by atoms with Gasteiger partial charge < -0.3 is 10.1 Å². The van der Waals surface area contributed by atoms with Gasteiger partial charge in [0.25, 0.3) is 0 Å². The van der Waals surface area contributed by atoms with Crippen molar-refractivity contribution in [3.8, 4) is 17.3 Å². The minimum atomic E-state index is -4.41. The third-order valence-corrected chi connectivity index (χ3v) is 4.59. The number of hydrogen-bond acceptors (Lipinski definition) is 4. The minimum Gasteiger partial charge on any atom is -0.481 e. The van der Waals surface area contributed by atoms with Crippen molar-refractivity contribution in [2.75, 3.05) is 13.7 Å². The Morgan fingerprint density at radius 2 is 1.89 bits per heavy atom. The van der Waals surface area contributed by atoms with Gasteiger partial charge in [0.05, 0.1) is 12.8 Å². The Kier molecular flexibility index (Phi) is 5.62. The van der Waals surface area contributed by atoms with Crippen molar-refractivity contribution in [1.82, 2.24) is 15.3 Å². The summed E-state index contributed by atoms with van der Waals surface area (Å²) in [4.78, 5) is 21.2. The maximum Gasteiger partial charge on any atom is 0.405 e. The summed E-state index contributed by atoms with van der Waals surface area (Å²) in [6.45, 7) is -1.31. The Morgan fingerprint density at radius 1 is 1.19 bits per heavy atom. The second-order valence-electron chi connectivity index (χ2n) is 6.46. The number of carbonyl (C=O) groups excluding carboxylic acids is 1. The van der Waals surface area contributed by atoms with E-state index >= 15 is 0 Å². The summed E-state index contributed by atoms with van der Waals surface area (Å²) in [5.41, 5.74) is 2.46. The van der Waals surface area contributed by atoms with Crippen molar-refractivity contribution in [3.05, 3.63) is 41.6 Å². The lowest BCUT2D eigenvalue weighted by molar-refractivity contribution is -0.141. The van der Waals surface area contributed by atoms with Gasteiger partial charge in [0.2, 0.25) is 11.8 Å². The molecule has 0 bridgehead atoms. The number of ether oxygens (including phenoxy) is 1. The van der Waals surface area contributed by atoms with Gasteiger partial charge in [0, 0.05) is 17.0 Å². The first-order valence-electron chi connectivity index (χ1n) is 8.71. The number of methoxy groups -OCH3 is 1. The molecule has 0 radical (unpaired) electrons. The summed E-state index contributed by atoms with van der Waals surface area (Å²) in [5.74, 6) is -0.0804. The summed E-state index contributed by atoms with van der Waals surface area (Å²) >= 11 is 0. The van der Waals surface area contributed by atoms with Gasteiger partial charge in [-0.2, -0.15) is 18.2 Å². The summed E-state index contributed by atoms with van der Waals surface area (Å²) in [5, 5.41) is 1.98. The monoisotopic (exact) mass is 379 g/mol. The van der Waals surface area contributed by atoms with Gasteiger partial charge in [-0.05, 0) is 25.7 Å². The number of hydrogen-bond donors (Lipinski definition) is 1. The molecule has 1 aliphatic carbocycles. The van der Waals surface area contributed by atoms with Crippen LogP contribution in [0.5, 0.6) is 5.88 Å². The van der Waals surface area contributed by atoms with Gasteiger partial charge in [-0.25, -0.2) is 4.98 Å². The predicted molar refractivity (Wildman–Crippen MR) is 93.2 cm³/mol. The predicted octanol–water partition coefficient (Wildman–Crippen LogP) is 3.33. The van der Waals surface area contributed by atoms with Crippen LogP contribution in [0.4, 0.5) is 13.2 Å². The van der Waals surface area contributed by atoms with Gasteiger partial charge in [0.1, 0.15) is 6.54 Å². The molecule has 0 spiro atoms. The molecule has 0 saturated heterocycles. The van der Waals surface area contributed by atoms with Gasteiger partial charge in [0.15, 0.2) is 5.82 Å². The Bertz CT molecular complexity index is 810. The number of alkyl halides is 3. The van der Waals surface area contributed by atoms with Crippen LogP contribution in [0, 0.1) is 5.92 Å². The molecule has 1 atom stereocenters. The number of nitrogens with zero attached hydrogens (tertiary/aromatic N) is 2. The normalized spacial score (nSPS) is 17.0. The fourth-order valence-corrected chi connectivity index (χ4v) is 3.22. The molecule has 1 unspecified atom stereocenters. The number of amides is 1. The summed E-state index contributed by atoms with van der Waals surface area (Å²) in [7, 11) is 1.52. The molecule has 1 aliphatic rings. The Hall–Kier alpha value is -2.64. The number of aryl methyl sites for hydroxylation is 1. The van der Waals surface area contributed by atoms with E-state index in [0.717, 1.165) is 16.8 Å². The van der Waals surface area contributed by atoms with E-state index < -0.39 is 24.5 Å². The highest BCUT2D eigenvalue weighted by Gasteiger charge is 2.31. The fourth-order valence-electron chi connectivity index (χ4n) is 3.22. The standard InChI is InChI=1S/C19H20F3N3O2/c1-27-18-14-9-7-13(17(26)23-11-19(20,21)22)8-10-15(14)24-16(25-18)12-5-3-2-4-6-12/h2-6,13H,7-11H2,1H3,(H,23,26). The number of nitrogens with one attached hydrogen (secondary N) is 1. The summed E-state index contributed by atoms with van der Waals surface area (Å²) in [6.07, 6.45) is -2.58. The average Bonchev–Trinajstić information content (AvgIpc) is 2.88. The molecule has 27 heavy (non-hydrogen) atoms. The van der Waals surface area contributed by atoms with Crippen LogP contribution in [0.2, 0.25) is 0 Å². The van der Waals surface area contributed by atoms with Crippen molar-refractivity contribution < 1.29 is 22.7 Å². The fraction of sp³-hybridized carbons (Fsp3) is 0.421. The van der Waals surface area contributed by atoms with Crippen LogP contribution in [0.3, 0.4) is 0 Å². The molecule has 1 aromatic heterocycles. The van der Waals surface area contributed by atoms with E-state index in [1.54, 1.807) is 0 Å². The van der Waals surface area contributed by atoms with E-state index in [-0.39, 0.29) is 0 Å². The van der Waals surface area contributed by atoms with E-state index in [1.165, 1.54) is 7.11 Å². The topological polar surface area (TPSA) is 64.1 Å². The lowest BCUT2D eigenvalue weighted by Crippen LogP contribution is -2.37. The van der Waals surface area contributed by atoms with Crippen LogP contribution >= 0.6 is 0 Å². The molecule has 0 saturated carbocycles. The number of benzene rings is 1. The lowest BCUT2D eigenvalue weighted by atomic mass is 9.99. The van der Waals surface area contributed by atoms with E-state index in [0.29, 0.717) is 37.4 Å². The Labute approximate surface area is 155 Å². The minimum absolute atomic E-state index is 0.432. The molecule has 1 aromatic carbocycles. The molecule has 1 heterocycles. The van der Waals surface area contributed by atoms with E-state index in [2.05, 4.69) is 9.97 Å². The van der Waals surface area contributed by atoms with Crippen molar-refractivity contribution in [1.29, 1.82) is 0 Å². The smallest absolute Gasteiger partial charge is 0.405 e. The lowest BCUT2D eigenvalue weighted by Gasteiger charge is -2.15. The SMILES string of the molecule is COc1nc(-c2ccccc2)nc2c1CCC(C(=O)NCC(F)(F)F)CC2. The highest BCUT2D eigenvalue weighted by Crippen LogP contribution is 2.31. The van der Waals surface area contributed by atoms with Crippen molar-refractivity contribution in [2.24, 2.45) is 5.92 Å². The van der Waals surface area contributed by atoms with E-state index in [9.17, 15) is 18.0 Å². The van der Waals surface area contributed by atoms with Gasteiger partial charge in [-0.3, -0.25) is 4.79 Å². The third kappa shape index (κ3) is 4.75. The molecular formula is C19H20F3N3O2. The first kappa shape index (κ1) is 19.1. The second-order valence-corrected chi connectivity index (χ2v) is 6.46. The molecule has 8 heteroatoms. The molecular weight excluding hydrogens is 359 g/mol. The second kappa shape index (κ2) is 7.94. The van der Waals surface area contributed by atoms with Crippen molar-refractivity contribution >= 4 is 5.91 Å². The number of aromatic nitrogens is 2. The van der Waals surface area contributed by atoms with Crippen LogP contribution < -0.4 is 10.1 Å². The van der Waals surface area contributed by atoms with Gasteiger partial charge in [-0.1, -0.05) is 30.3 Å². The number of halogens is 3. The van der Waals surface area contributed by atoms with Crippen LogP contribution in [0.25, 0.3) is 11.4 Å². The molecule has 144 valence electrons. The van der Waals surface area contributed by atoms with Crippen LogP contribution in [0.15, 0.2) is 30.3 Å². The third-order valence-electron chi connectivity index (χ3n) is 4.59. The quantitative estimate of drug-likeness (QED) is 0.828. The summed E-state index contributed by atoms with van der Waals surface area (Å²) < 4.78 is 42.4. The summed E-state index contributed by atoms with van der Waals surface area (Å²) in [6, 6.07) is 9.46. The Balaban J connectivity index is 1.79. The molecule has 1 amide bonds. The van der Waals surface area contributed by atoms with Crippen molar-refractivity contribution in [2.45, 2.75) is 31.9 Å². The van der Waals surface area contributed by atoms with Crippen LogP contribution in [-0.4, -0.2) is 35.7 Å². The molecule has 0 aliphatic heterocycles. The highest BCUT2D eigenvalue weighted by atomic mass is 19.4.